The van der Waals surface area contributed by atoms with E-state index in [0.29, 0.717) is 32.6 Å². The third-order valence-electron chi connectivity index (χ3n) is 13.5. The number of anilines is 2. The van der Waals surface area contributed by atoms with Crippen LogP contribution in [0.2, 0.25) is 0 Å². The van der Waals surface area contributed by atoms with E-state index in [-0.39, 0.29) is 109 Å². The van der Waals surface area contributed by atoms with Crippen LogP contribution in [0.4, 0.5) is 17.1 Å². The van der Waals surface area contributed by atoms with Gasteiger partial charge < -0.3 is 29.7 Å². The van der Waals surface area contributed by atoms with E-state index in [4.69, 9.17) is 9.26 Å². The van der Waals surface area contributed by atoms with Crippen LogP contribution in [0.5, 0.6) is 5.75 Å². The molecule has 0 unspecified atom stereocenters. The van der Waals surface area contributed by atoms with E-state index >= 15 is 0 Å². The second kappa shape index (κ2) is 32.7. The Labute approximate surface area is 525 Å². The van der Waals surface area contributed by atoms with Gasteiger partial charge in [0, 0.05) is 45.6 Å². The quantitative estimate of drug-likeness (QED) is 0.00917. The van der Waals surface area contributed by atoms with E-state index in [2.05, 4.69) is 26.9 Å². The number of nitro benzene ring substituents is 1. The number of aryl methyl sites for hydroxylation is 1. The largest absolute Gasteiger partial charge is 1.00 e. The minimum Gasteiger partial charge on any atom is -0.744 e. The van der Waals surface area contributed by atoms with Crippen molar-refractivity contribution < 1.29 is 119 Å². The molecule has 424 valence electrons. The van der Waals surface area contributed by atoms with E-state index in [1.54, 1.807) is 54.4 Å². The van der Waals surface area contributed by atoms with Crippen LogP contribution in [0.15, 0.2) is 128 Å². The zero-order valence-corrected chi connectivity index (χ0v) is 52.8. The van der Waals surface area contributed by atoms with Crippen LogP contribution in [-0.2, 0) is 36.4 Å². The van der Waals surface area contributed by atoms with Crippen LogP contribution in [0, 0.1) is 17.0 Å². The van der Waals surface area contributed by atoms with Crippen molar-refractivity contribution in [1.82, 2.24) is 9.64 Å². The van der Waals surface area contributed by atoms with Crippen LogP contribution < -0.4 is 85.3 Å². The van der Waals surface area contributed by atoms with Gasteiger partial charge in [0.05, 0.1) is 27.4 Å². The molecule has 25 heteroatoms. The number of nitrogens with one attached hydrogen (secondary N) is 2. The summed E-state index contributed by atoms with van der Waals surface area (Å²) in [6.07, 6.45) is 16.4. The molecule has 0 aliphatic rings. The summed E-state index contributed by atoms with van der Waals surface area (Å²) >= 11 is 0.721. The number of hydrogen-bond acceptors (Lipinski definition) is 16. The fourth-order valence-electron chi connectivity index (χ4n) is 9.26. The van der Waals surface area contributed by atoms with Gasteiger partial charge in [0.2, 0.25) is 10.3 Å². The SMILES string of the molecule is CCCCCCCCCCCCCCCCN(C)C(c1ccc(-n2oc(C)c(COc3cc(C(=O)Nc4ccc5cc(SOO[O-])ccc5c4)cc(C(=O)Nc4ccc5cc(S(=O)(=O)[O-])ccc5c4)c3)c2=O)c([N+](=O)[O-])c1)=S(=O)=O.[Na+].[Na+]. The van der Waals surface area contributed by atoms with E-state index in [9.17, 15) is 51.1 Å². The number of benzene rings is 6. The van der Waals surface area contributed by atoms with Crippen molar-refractivity contribution in [2.75, 3.05) is 24.2 Å². The Morgan fingerprint density at radius 2 is 1.23 bits per heavy atom. The first kappa shape index (κ1) is 67.6. The summed E-state index contributed by atoms with van der Waals surface area (Å²) in [5.74, 6) is -1.39. The van der Waals surface area contributed by atoms with Gasteiger partial charge in [-0.1, -0.05) is 115 Å². The fourth-order valence-corrected chi connectivity index (χ4v) is 10.8. The normalized spacial score (nSPS) is 11.3. The average Bonchev–Trinajstić information content (AvgIpc) is 3.83. The molecule has 0 radical (unpaired) electrons. The van der Waals surface area contributed by atoms with Gasteiger partial charge in [0.15, 0.2) is 5.69 Å². The molecule has 0 saturated carbocycles. The van der Waals surface area contributed by atoms with E-state index < -0.39 is 59.9 Å². The first-order valence-electron chi connectivity index (χ1n) is 26.2. The number of aromatic nitrogens is 1. The van der Waals surface area contributed by atoms with E-state index in [1.807, 2.05) is 0 Å². The number of unbranched alkanes of at least 4 members (excludes halogenated alkanes) is 13. The van der Waals surface area contributed by atoms with Crippen LogP contribution in [0.3, 0.4) is 0 Å². The van der Waals surface area contributed by atoms with E-state index in [0.717, 1.165) is 67.1 Å². The Morgan fingerprint density at radius 1 is 0.707 bits per heavy atom. The van der Waals surface area contributed by atoms with Crippen molar-refractivity contribution in [3.8, 4) is 11.4 Å². The molecule has 6 aromatic carbocycles. The molecule has 0 spiro atoms. The molecular weight excluding hydrogens is 1140 g/mol. The van der Waals surface area contributed by atoms with Crippen molar-refractivity contribution in [2.45, 2.75) is 120 Å². The molecule has 0 atom stereocenters. The van der Waals surface area contributed by atoms with Gasteiger partial charge in [-0.15, -0.1) is 4.74 Å². The average molecular weight is 1200 g/mol. The van der Waals surface area contributed by atoms with Crippen LogP contribution in [-0.4, -0.2) is 66.3 Å². The predicted molar refractivity (Wildman–Crippen MR) is 302 cm³/mol. The number of carbonyl (C=O) groups is 2. The Morgan fingerprint density at radius 3 is 1.77 bits per heavy atom. The maximum absolute atomic E-state index is 14.1. The van der Waals surface area contributed by atoms with Crippen LogP contribution in [0.25, 0.3) is 27.2 Å². The topological polar surface area (TPSA) is 282 Å². The van der Waals surface area contributed by atoms with Crippen molar-refractivity contribution in [2.24, 2.45) is 0 Å². The summed E-state index contributed by atoms with van der Waals surface area (Å²) in [7, 11) is -5.88. The summed E-state index contributed by atoms with van der Waals surface area (Å²) in [4.78, 5) is 55.4. The molecule has 0 aliphatic heterocycles. The molecule has 2 N–H and O–H groups in total. The van der Waals surface area contributed by atoms with Gasteiger partial charge in [-0.25, -0.2) is 8.42 Å². The zero-order valence-electron chi connectivity index (χ0n) is 46.4. The Kier molecular flexibility index (Phi) is 27.0. The predicted octanol–water partition coefficient (Wildman–Crippen LogP) is 4.95. The maximum atomic E-state index is 14.1. The molecule has 2 amide bonds. The number of nitrogens with zero attached hydrogens (tertiary/aromatic N) is 3. The van der Waals surface area contributed by atoms with Crippen molar-refractivity contribution >= 4 is 87.9 Å². The second-order valence-corrected chi connectivity index (χ2v) is 22.3. The summed E-state index contributed by atoms with van der Waals surface area (Å²) in [6, 6.07) is 26.2. The first-order chi connectivity index (χ1) is 38.4. The van der Waals surface area contributed by atoms with Crippen LogP contribution in [0.1, 0.15) is 134 Å². The third-order valence-corrected chi connectivity index (χ3v) is 15.7. The molecule has 20 nitrogen and oxygen atoms in total. The standard InChI is InChI=1S/C57H63N5O15S3.2Na/c1-4-5-6-7-8-9-10-11-12-13-14-15-16-17-28-60(3)57(79(69)70)43-22-27-52(53(36-43)62(66)67)61-56(65)51(38(2)75-61)37-74-48-32-44(54(63)58-46-23-18-41-34-49(78-77-76-68)25-20-39(41)30-46)29-45(33-48)55(64)59-47-24-19-42-35-50(80(71,72)73)26-21-40(42)31-47;;/h18-27,29-36,68H,4-17,28,37H2,1-3H3,(H,58,63)(H,59,64)(H,71,72,73);;/q;2*+1/p-2. The molecule has 7 rings (SSSR count). The number of nitro groups is 1. The van der Waals surface area contributed by atoms with E-state index in [1.165, 1.54) is 119 Å². The Hall–Kier alpha value is -5.22. The van der Waals surface area contributed by atoms with Gasteiger partial charge in [-0.2, -0.15) is 12.8 Å². The third kappa shape index (κ3) is 18.9. The summed E-state index contributed by atoms with van der Waals surface area (Å²) in [6.45, 7) is 3.57. The number of ether oxygens (including phenoxy) is 1. The maximum Gasteiger partial charge on any atom is 1.00 e. The zero-order chi connectivity index (χ0) is 57.3. The van der Waals surface area contributed by atoms with Gasteiger partial charge >= 0.3 is 59.1 Å². The molecule has 82 heavy (non-hydrogen) atoms. The number of fused-ring (bicyclic) bond motifs is 2. The Balaban J connectivity index is 0.00000616. The minimum atomic E-state index is -4.72. The van der Waals surface area contributed by atoms with Gasteiger partial charge in [-0.3, -0.25) is 34.4 Å². The van der Waals surface area contributed by atoms with Crippen LogP contribution >= 0.6 is 12.0 Å². The molecule has 0 aliphatic carbocycles. The number of amides is 2. The fraction of sp³-hybridized carbons (Fsp3) is 0.333. The number of rotatable bonds is 29. The molecule has 1 aromatic heterocycles. The van der Waals surface area contributed by atoms with Crippen molar-refractivity contribution in [1.29, 1.82) is 0 Å². The summed E-state index contributed by atoms with van der Waals surface area (Å²) in [5.41, 5.74) is -1.18. The number of hydrogen-bond donors (Lipinski definition) is 2. The molecule has 0 saturated heterocycles. The smallest absolute Gasteiger partial charge is 0.744 e. The summed E-state index contributed by atoms with van der Waals surface area (Å²) in [5, 5.41) is 34.3. The summed E-state index contributed by atoms with van der Waals surface area (Å²) < 4.78 is 77.1. The molecule has 7 aromatic rings. The second-order valence-electron chi connectivity index (χ2n) is 19.3. The van der Waals surface area contributed by atoms with Crippen molar-refractivity contribution in [3.05, 3.63) is 158 Å². The monoisotopic (exact) mass is 1200 g/mol. The van der Waals surface area contributed by atoms with Gasteiger partial charge in [0.25, 0.3) is 23.1 Å². The minimum absolute atomic E-state index is 0. The first-order valence-corrected chi connectivity index (χ1v) is 29.4. The molecule has 0 bridgehead atoms. The Bertz CT molecular complexity index is 3700. The molecule has 0 fully saturated rings. The van der Waals surface area contributed by atoms with Crippen molar-refractivity contribution in [3.63, 3.8) is 0 Å². The van der Waals surface area contributed by atoms with Gasteiger partial charge in [0.1, 0.15) is 33.2 Å². The molecule has 1 heterocycles. The van der Waals surface area contributed by atoms with Gasteiger partial charge in [-0.05, 0) is 121 Å². The molecular formula is C57H61N5Na2O15S3. The number of carbonyl (C=O) groups excluding carboxylic acids is 2.